The van der Waals surface area contributed by atoms with Crippen molar-refractivity contribution in [3.05, 3.63) is 119 Å². The van der Waals surface area contributed by atoms with Crippen LogP contribution in [0.1, 0.15) is 64.3 Å². The zero-order valence-corrected chi connectivity index (χ0v) is 25.7. The van der Waals surface area contributed by atoms with E-state index in [1.165, 1.54) is 17.8 Å². The van der Waals surface area contributed by atoms with Crippen molar-refractivity contribution in [1.82, 2.24) is 10.3 Å². The van der Waals surface area contributed by atoms with E-state index in [-0.39, 0.29) is 49.7 Å². The monoisotopic (exact) mass is 642 g/mol. The highest BCUT2D eigenvalue weighted by molar-refractivity contribution is 7.99. The highest BCUT2D eigenvalue weighted by atomic mass is 32.2. The molecule has 10 nitrogen and oxygen atoms in total. The third kappa shape index (κ3) is 8.58. The second-order valence-corrected chi connectivity index (χ2v) is 11.8. The summed E-state index contributed by atoms with van der Waals surface area (Å²) in [5, 5.41) is 31.1. The number of hydrogen-bond donors (Lipinski definition) is 4. The molecule has 3 unspecified atom stereocenters. The highest BCUT2D eigenvalue weighted by Gasteiger charge is 2.32. The van der Waals surface area contributed by atoms with Crippen LogP contribution in [0.4, 0.5) is 0 Å². The van der Waals surface area contributed by atoms with Crippen LogP contribution in [0.15, 0.2) is 96.2 Å². The minimum atomic E-state index is -1.04. The van der Waals surface area contributed by atoms with Gasteiger partial charge in [0.2, 0.25) is 5.91 Å². The molecule has 1 aliphatic rings. The third-order valence-corrected chi connectivity index (χ3v) is 8.71. The van der Waals surface area contributed by atoms with E-state index in [1.54, 1.807) is 12.3 Å². The van der Waals surface area contributed by atoms with Crippen LogP contribution >= 0.6 is 11.8 Å². The maximum absolute atomic E-state index is 12.1. The molecule has 4 aromatic rings. The molecule has 1 fully saturated rings. The molecule has 1 aromatic heterocycles. The van der Waals surface area contributed by atoms with E-state index in [1.807, 2.05) is 72.8 Å². The topological polar surface area (TPSA) is 155 Å². The Kier molecular flexibility index (Phi) is 11.2. The van der Waals surface area contributed by atoms with Crippen molar-refractivity contribution >= 4 is 29.6 Å². The lowest BCUT2D eigenvalue weighted by Crippen LogP contribution is -2.31. The fraction of sp³-hybridized carbons (Fsp3) is 0.257. The molecule has 1 aliphatic heterocycles. The number of amides is 1. The number of carboxylic acids is 2. The number of carbonyl (C=O) groups is 3. The standard InChI is InChI=1S/C35H34N2O8S/c38-20-22-7-9-24(10-8-22)30-18-27(21-46-33-29(34(42)43)6-3-17-36-33)44-35(45-30)25-13-11-23(12-14-25)28-5-2-1-4-26(28)19-37-31(39)15-16-32(40)41/h1-14,17,27,30,35,38H,15-16,18-21H2,(H,37,39)(H,40,41)(H,42,43). The molecule has 238 valence electrons. The molecule has 0 spiro atoms. The number of pyridine rings is 1. The number of ether oxygens (including phenoxy) is 2. The molecule has 0 radical (unpaired) electrons. The van der Waals surface area contributed by atoms with Gasteiger partial charge in [0.15, 0.2) is 6.29 Å². The number of nitrogens with one attached hydrogen (secondary N) is 1. The number of aliphatic hydroxyl groups excluding tert-OH is 1. The van der Waals surface area contributed by atoms with Crippen LogP contribution in [-0.2, 0) is 32.2 Å². The van der Waals surface area contributed by atoms with Crippen molar-refractivity contribution in [2.45, 2.75) is 55.9 Å². The van der Waals surface area contributed by atoms with E-state index >= 15 is 0 Å². The van der Waals surface area contributed by atoms with Crippen LogP contribution in [0.3, 0.4) is 0 Å². The molecule has 0 saturated carbocycles. The van der Waals surface area contributed by atoms with Gasteiger partial charge in [-0.1, -0.05) is 72.8 Å². The van der Waals surface area contributed by atoms with E-state index in [0.717, 1.165) is 33.4 Å². The first-order valence-electron chi connectivity index (χ1n) is 14.8. The lowest BCUT2D eigenvalue weighted by molar-refractivity contribution is -0.245. The van der Waals surface area contributed by atoms with Gasteiger partial charge in [-0.2, -0.15) is 0 Å². The Hall–Kier alpha value is -4.55. The van der Waals surface area contributed by atoms with E-state index in [4.69, 9.17) is 14.6 Å². The third-order valence-electron chi connectivity index (χ3n) is 7.58. The number of thioether (sulfide) groups is 1. The zero-order valence-electron chi connectivity index (χ0n) is 24.9. The van der Waals surface area contributed by atoms with Gasteiger partial charge in [0.1, 0.15) is 5.03 Å². The van der Waals surface area contributed by atoms with E-state index in [0.29, 0.717) is 17.2 Å². The number of carboxylic acid groups (broad SMARTS) is 2. The lowest BCUT2D eigenvalue weighted by atomic mass is 9.97. The molecular formula is C35H34N2O8S. The van der Waals surface area contributed by atoms with Crippen molar-refractivity contribution in [3.63, 3.8) is 0 Å². The first-order chi connectivity index (χ1) is 22.3. The molecule has 46 heavy (non-hydrogen) atoms. The number of hydrogen-bond acceptors (Lipinski definition) is 8. The molecule has 1 saturated heterocycles. The molecule has 5 rings (SSSR count). The van der Waals surface area contributed by atoms with Gasteiger partial charge < -0.3 is 30.1 Å². The quantitative estimate of drug-likeness (QED) is 0.132. The highest BCUT2D eigenvalue weighted by Crippen LogP contribution is 2.40. The Morgan fingerprint density at radius 1 is 0.870 bits per heavy atom. The van der Waals surface area contributed by atoms with Gasteiger partial charge >= 0.3 is 11.9 Å². The maximum atomic E-state index is 12.1. The van der Waals surface area contributed by atoms with Crippen molar-refractivity contribution in [2.24, 2.45) is 0 Å². The second kappa shape index (κ2) is 15.6. The van der Waals surface area contributed by atoms with Gasteiger partial charge in [-0.15, -0.1) is 11.8 Å². The zero-order chi connectivity index (χ0) is 32.5. The normalized spacial score (nSPS) is 17.7. The smallest absolute Gasteiger partial charge is 0.338 e. The minimum absolute atomic E-state index is 0.0562. The summed E-state index contributed by atoms with van der Waals surface area (Å²) in [6.45, 7) is 0.209. The van der Waals surface area contributed by atoms with E-state index < -0.39 is 18.2 Å². The average molecular weight is 643 g/mol. The predicted molar refractivity (Wildman–Crippen MR) is 171 cm³/mol. The Morgan fingerprint density at radius 2 is 1.61 bits per heavy atom. The Balaban J connectivity index is 1.33. The summed E-state index contributed by atoms with van der Waals surface area (Å²) in [7, 11) is 0. The largest absolute Gasteiger partial charge is 0.481 e. The number of benzene rings is 3. The fourth-order valence-electron chi connectivity index (χ4n) is 5.14. The van der Waals surface area contributed by atoms with Gasteiger partial charge in [0, 0.05) is 36.9 Å². The summed E-state index contributed by atoms with van der Waals surface area (Å²) >= 11 is 1.33. The van der Waals surface area contributed by atoms with E-state index in [9.17, 15) is 24.6 Å². The van der Waals surface area contributed by atoms with E-state index in [2.05, 4.69) is 10.3 Å². The van der Waals surface area contributed by atoms with Crippen LogP contribution in [0.2, 0.25) is 0 Å². The molecule has 2 heterocycles. The molecule has 3 aromatic carbocycles. The Labute approximate surface area is 270 Å². The minimum Gasteiger partial charge on any atom is -0.481 e. The van der Waals surface area contributed by atoms with Gasteiger partial charge in [0.25, 0.3) is 0 Å². The van der Waals surface area contributed by atoms with Crippen molar-refractivity contribution < 1.29 is 39.2 Å². The van der Waals surface area contributed by atoms with Gasteiger partial charge in [-0.05, 0) is 39.9 Å². The summed E-state index contributed by atoms with van der Waals surface area (Å²) in [6, 6.07) is 26.2. The number of carbonyl (C=O) groups excluding carboxylic acids is 1. The van der Waals surface area contributed by atoms with Crippen molar-refractivity contribution in [1.29, 1.82) is 0 Å². The van der Waals surface area contributed by atoms with Crippen LogP contribution in [0, 0.1) is 0 Å². The summed E-state index contributed by atoms with van der Waals surface area (Å²) < 4.78 is 12.9. The van der Waals surface area contributed by atoms with Crippen LogP contribution in [0.5, 0.6) is 0 Å². The summed E-state index contributed by atoms with van der Waals surface area (Å²) in [4.78, 5) is 38.9. The SMILES string of the molecule is O=C(O)CCC(=O)NCc1ccccc1-c1ccc(C2OC(CSc3ncccc3C(=O)O)CC(c3ccc(CO)cc3)O2)cc1. The summed E-state index contributed by atoms with van der Waals surface area (Å²) in [5.74, 6) is -1.91. The maximum Gasteiger partial charge on any atom is 0.338 e. The van der Waals surface area contributed by atoms with Gasteiger partial charge in [-0.25, -0.2) is 9.78 Å². The van der Waals surface area contributed by atoms with Crippen molar-refractivity contribution in [2.75, 3.05) is 5.75 Å². The number of aromatic nitrogens is 1. The average Bonchev–Trinajstić information content (AvgIpc) is 3.09. The van der Waals surface area contributed by atoms with Crippen LogP contribution < -0.4 is 5.32 Å². The number of aromatic carboxylic acids is 1. The first kappa shape index (κ1) is 32.8. The first-order valence-corrected chi connectivity index (χ1v) is 15.8. The number of aliphatic hydroxyl groups is 1. The van der Waals surface area contributed by atoms with Crippen LogP contribution in [0.25, 0.3) is 11.1 Å². The fourth-order valence-corrected chi connectivity index (χ4v) is 6.15. The number of aliphatic carboxylic acids is 1. The number of rotatable bonds is 13. The molecule has 4 N–H and O–H groups in total. The number of nitrogens with zero attached hydrogens (tertiary/aromatic N) is 1. The van der Waals surface area contributed by atoms with Gasteiger partial charge in [-0.3, -0.25) is 9.59 Å². The Morgan fingerprint density at radius 3 is 2.33 bits per heavy atom. The van der Waals surface area contributed by atoms with Gasteiger partial charge in [0.05, 0.1) is 30.8 Å². The Bertz CT molecular complexity index is 1660. The molecule has 0 bridgehead atoms. The molecule has 0 aliphatic carbocycles. The summed E-state index contributed by atoms with van der Waals surface area (Å²) in [5.41, 5.74) is 5.44. The molecule has 1 amide bonds. The predicted octanol–water partition coefficient (Wildman–Crippen LogP) is 5.76. The molecule has 11 heteroatoms. The van der Waals surface area contributed by atoms with Crippen molar-refractivity contribution in [3.8, 4) is 11.1 Å². The molecular weight excluding hydrogens is 608 g/mol. The summed E-state index contributed by atoms with van der Waals surface area (Å²) in [6.07, 6.45) is 0.540. The van der Waals surface area contributed by atoms with Crippen LogP contribution in [-0.4, -0.2) is 50.0 Å². The lowest BCUT2D eigenvalue weighted by Gasteiger charge is -2.36. The molecule has 3 atom stereocenters. The second-order valence-electron chi connectivity index (χ2n) is 10.8.